The van der Waals surface area contributed by atoms with Crippen LogP contribution in [0.3, 0.4) is 0 Å². The van der Waals surface area contributed by atoms with Gasteiger partial charge in [0.2, 0.25) is 0 Å². The Kier molecular flexibility index (Phi) is 9.08. The molecule has 1 fully saturated rings. The highest BCUT2D eigenvalue weighted by Crippen LogP contribution is 2.44. The van der Waals surface area contributed by atoms with Gasteiger partial charge >= 0.3 is 6.03 Å². The number of carbonyl (C=O) groups excluding carboxylic acids is 1. The van der Waals surface area contributed by atoms with Crippen LogP contribution in [0.4, 0.5) is 9.18 Å². The van der Waals surface area contributed by atoms with Gasteiger partial charge in [-0.25, -0.2) is 9.18 Å². The number of hydrogen-bond acceptors (Lipinski definition) is 6. The van der Waals surface area contributed by atoms with Gasteiger partial charge in [0.15, 0.2) is 0 Å². The van der Waals surface area contributed by atoms with E-state index in [0.29, 0.717) is 29.4 Å². The van der Waals surface area contributed by atoms with E-state index in [1.54, 1.807) is 47.4 Å². The summed E-state index contributed by atoms with van der Waals surface area (Å²) < 4.78 is 25.1. The molecule has 0 radical (unpaired) electrons. The van der Waals surface area contributed by atoms with E-state index in [9.17, 15) is 19.4 Å². The first-order valence-electron chi connectivity index (χ1n) is 12.9. The van der Waals surface area contributed by atoms with E-state index >= 15 is 0 Å². The van der Waals surface area contributed by atoms with Gasteiger partial charge in [-0.3, -0.25) is 0 Å². The van der Waals surface area contributed by atoms with E-state index in [1.807, 2.05) is 14.1 Å². The van der Waals surface area contributed by atoms with Crippen molar-refractivity contribution >= 4 is 17.6 Å². The average Bonchev–Trinajstić information content (AvgIpc) is 2.87. The Morgan fingerprint density at radius 2 is 1.82 bits per heavy atom. The number of phenolic OH excluding ortho intramolecular Hbond substituents is 1. The number of hydrogen-bond donors (Lipinski definition) is 3. The molecule has 3 N–H and O–H groups in total. The third kappa shape index (κ3) is 6.43. The van der Waals surface area contributed by atoms with Crippen molar-refractivity contribution < 1.29 is 28.9 Å². The van der Waals surface area contributed by atoms with E-state index in [4.69, 9.17) is 21.1 Å². The molecule has 0 aliphatic carbocycles. The number of likely N-dealkylation sites (N-methyl/N-ethyl adjacent to an activating group) is 1. The van der Waals surface area contributed by atoms with E-state index < -0.39 is 17.5 Å². The number of halogens is 2. The van der Waals surface area contributed by atoms with E-state index in [2.05, 4.69) is 10.2 Å². The van der Waals surface area contributed by atoms with Crippen LogP contribution in [0.5, 0.6) is 17.2 Å². The molecule has 4 rings (SSSR count). The second-order valence-corrected chi connectivity index (χ2v) is 10.7. The number of likely N-dealkylation sites (tertiary alicyclic amines) is 1. The summed E-state index contributed by atoms with van der Waals surface area (Å²) in [6, 6.07) is 14.7. The van der Waals surface area contributed by atoms with Crippen molar-refractivity contribution in [1.82, 2.24) is 15.1 Å². The van der Waals surface area contributed by atoms with Gasteiger partial charge in [-0.15, -0.1) is 0 Å². The summed E-state index contributed by atoms with van der Waals surface area (Å²) in [7, 11) is 6.78. The maximum atomic E-state index is 14.3. The maximum absolute atomic E-state index is 14.3. The van der Waals surface area contributed by atoms with Crippen LogP contribution >= 0.6 is 11.6 Å². The van der Waals surface area contributed by atoms with Crippen LogP contribution in [0, 0.1) is 5.82 Å². The summed E-state index contributed by atoms with van der Waals surface area (Å²) in [6.07, 6.45) is 0.0359. The lowest BCUT2D eigenvalue weighted by molar-refractivity contribution is -0.00787. The lowest BCUT2D eigenvalue weighted by atomic mass is 9.77. The quantitative estimate of drug-likeness (QED) is 0.338. The van der Waals surface area contributed by atoms with Gasteiger partial charge in [0.25, 0.3) is 0 Å². The van der Waals surface area contributed by atoms with Crippen molar-refractivity contribution in [2.75, 3.05) is 41.4 Å². The van der Waals surface area contributed by atoms with Crippen LogP contribution in [0.2, 0.25) is 5.02 Å². The number of urea groups is 1. The number of phenols is 1. The third-order valence-electron chi connectivity index (χ3n) is 7.41. The molecule has 3 aromatic rings. The number of ether oxygens (including phenoxy) is 2. The molecule has 0 bridgehead atoms. The number of methoxy groups -OCH3 is 2. The largest absolute Gasteiger partial charge is 0.507 e. The summed E-state index contributed by atoms with van der Waals surface area (Å²) in [5, 5.41) is 27.4. The summed E-state index contributed by atoms with van der Waals surface area (Å²) in [6.45, 7) is 1.07. The Morgan fingerprint density at radius 1 is 1.12 bits per heavy atom. The molecule has 214 valence electrons. The monoisotopic (exact) mass is 571 g/mol. The van der Waals surface area contributed by atoms with Gasteiger partial charge < -0.3 is 34.8 Å². The van der Waals surface area contributed by atoms with Crippen molar-refractivity contribution in [3.05, 3.63) is 88.2 Å². The molecule has 40 heavy (non-hydrogen) atoms. The fraction of sp³-hybridized carbons (Fsp3) is 0.367. The number of rotatable bonds is 10. The normalized spacial score (nSPS) is 15.8. The van der Waals surface area contributed by atoms with Crippen LogP contribution in [-0.2, 0) is 18.4 Å². The molecule has 10 heteroatoms. The molecule has 0 aromatic heterocycles. The first-order chi connectivity index (χ1) is 19.0. The number of aromatic hydroxyl groups is 1. The number of benzene rings is 3. The van der Waals surface area contributed by atoms with Crippen LogP contribution in [0.25, 0.3) is 0 Å². The molecule has 1 saturated heterocycles. The molecule has 0 unspecified atom stereocenters. The van der Waals surface area contributed by atoms with Gasteiger partial charge in [0, 0.05) is 42.7 Å². The molecule has 1 aliphatic heterocycles. The molecule has 1 heterocycles. The van der Waals surface area contributed by atoms with E-state index in [0.717, 1.165) is 5.56 Å². The fourth-order valence-electron chi connectivity index (χ4n) is 5.02. The Labute approximate surface area is 238 Å². The lowest BCUT2D eigenvalue weighted by Crippen LogP contribution is -2.64. The highest BCUT2D eigenvalue weighted by molar-refractivity contribution is 6.30. The molecule has 2 atom stereocenters. The molecular weight excluding hydrogens is 537 g/mol. The van der Waals surface area contributed by atoms with Crippen LogP contribution in [0.15, 0.2) is 60.7 Å². The molecular formula is C30H35ClFN3O5. The number of carbonyl (C=O) groups is 1. The number of nitrogens with zero attached hydrogens (tertiary/aromatic N) is 2. The topological polar surface area (TPSA) is 94.5 Å². The number of nitrogens with one attached hydrogen (secondary N) is 1. The second kappa shape index (κ2) is 12.3. The van der Waals surface area contributed by atoms with Crippen molar-refractivity contribution in [1.29, 1.82) is 0 Å². The highest BCUT2D eigenvalue weighted by Gasteiger charge is 2.45. The zero-order valence-corrected chi connectivity index (χ0v) is 23.8. The molecule has 0 saturated carbocycles. The molecule has 3 aromatic carbocycles. The maximum Gasteiger partial charge on any atom is 0.317 e. The van der Waals surface area contributed by atoms with Crippen LogP contribution < -0.4 is 14.8 Å². The highest BCUT2D eigenvalue weighted by atomic mass is 35.5. The van der Waals surface area contributed by atoms with Crippen LogP contribution in [-0.4, -0.2) is 79.5 Å². The van der Waals surface area contributed by atoms with Gasteiger partial charge in [-0.05, 0) is 55.9 Å². The lowest BCUT2D eigenvalue weighted by Gasteiger charge is -2.45. The first-order valence-corrected chi connectivity index (χ1v) is 13.3. The van der Waals surface area contributed by atoms with Crippen LogP contribution in [0.1, 0.15) is 16.7 Å². The van der Waals surface area contributed by atoms with Crippen molar-refractivity contribution in [2.24, 2.45) is 0 Å². The smallest absolute Gasteiger partial charge is 0.317 e. The van der Waals surface area contributed by atoms with E-state index in [-0.39, 0.29) is 42.0 Å². The number of aliphatic hydroxyl groups is 1. The second-order valence-electron chi connectivity index (χ2n) is 10.3. The van der Waals surface area contributed by atoms with Gasteiger partial charge in [-0.1, -0.05) is 35.9 Å². The first kappa shape index (κ1) is 29.5. The summed E-state index contributed by atoms with van der Waals surface area (Å²) >= 11 is 6.11. The summed E-state index contributed by atoms with van der Waals surface area (Å²) in [4.78, 5) is 17.2. The third-order valence-corrected chi connectivity index (χ3v) is 7.67. The minimum absolute atomic E-state index is 0.0501. The zero-order valence-electron chi connectivity index (χ0n) is 23.0. The SMILES string of the molecule is COc1cc(O)c([C@@](O)(Cc2cccc(F)c2)[C@H](Cc2ccc(Cl)cc2)NC(=O)N2CC(N(C)C)C2)c(OC)c1. The average molecular weight is 572 g/mol. The number of amides is 2. The van der Waals surface area contributed by atoms with Crippen molar-refractivity contribution in [3.8, 4) is 17.2 Å². The standard InChI is InChI=1S/C30H35ClFN3O5/c1-34(2)23-17-35(18-23)29(37)33-27(13-19-8-10-21(31)11-9-19)30(38,16-20-6-5-7-22(32)12-20)28-25(36)14-24(39-3)15-26(28)40-4/h5-12,14-15,23,27,36,38H,13,16-18H2,1-4H3,(H,33,37)/t27-,30+/m0/s1. The van der Waals surface area contributed by atoms with Crippen molar-refractivity contribution in [2.45, 2.75) is 30.5 Å². The van der Waals surface area contributed by atoms with E-state index in [1.165, 1.54) is 32.4 Å². The predicted molar refractivity (Wildman–Crippen MR) is 152 cm³/mol. The molecule has 0 spiro atoms. The van der Waals surface area contributed by atoms with Gasteiger partial charge in [0.1, 0.15) is 28.7 Å². The Hall–Kier alpha value is -3.53. The zero-order chi connectivity index (χ0) is 29.0. The molecule has 8 nitrogen and oxygen atoms in total. The predicted octanol–water partition coefficient (Wildman–Crippen LogP) is 4.20. The Bertz CT molecular complexity index is 1330. The summed E-state index contributed by atoms with van der Waals surface area (Å²) in [5.41, 5.74) is -0.647. The van der Waals surface area contributed by atoms with Gasteiger partial charge in [-0.2, -0.15) is 0 Å². The minimum Gasteiger partial charge on any atom is -0.507 e. The molecule has 2 amide bonds. The minimum atomic E-state index is -1.95. The van der Waals surface area contributed by atoms with Crippen molar-refractivity contribution in [3.63, 3.8) is 0 Å². The Morgan fingerprint density at radius 3 is 2.42 bits per heavy atom. The Balaban J connectivity index is 1.82. The van der Waals surface area contributed by atoms with Gasteiger partial charge in [0.05, 0.1) is 25.8 Å². The summed E-state index contributed by atoms with van der Waals surface area (Å²) in [5.74, 6) is -0.288. The fourth-order valence-corrected chi connectivity index (χ4v) is 5.14. The molecule has 1 aliphatic rings.